The zero-order chi connectivity index (χ0) is 7.68. The predicted molar refractivity (Wildman–Crippen MR) is 48.2 cm³/mol. The molecule has 3 heteroatoms. The molecule has 0 bridgehead atoms. The van der Waals surface area contributed by atoms with Gasteiger partial charge in [-0.3, -0.25) is 0 Å². The molecule has 2 N–H and O–H groups in total. The van der Waals surface area contributed by atoms with Crippen molar-refractivity contribution in [1.82, 2.24) is 4.90 Å². The highest BCUT2D eigenvalue weighted by Gasteiger charge is 2.27. The predicted octanol–water partition coefficient (Wildman–Crippen LogP) is 0.292. The van der Waals surface area contributed by atoms with Crippen LogP contribution in [0.25, 0.3) is 0 Å². The molecule has 0 aromatic carbocycles. The third-order valence-corrected chi connectivity index (χ3v) is 2.61. The van der Waals surface area contributed by atoms with Gasteiger partial charge in [0, 0.05) is 13.1 Å². The first-order chi connectivity index (χ1) is 5.34. The lowest BCUT2D eigenvalue weighted by atomic mass is 10.0. The van der Waals surface area contributed by atoms with E-state index in [9.17, 15) is 0 Å². The second kappa shape index (κ2) is 4.21. The van der Waals surface area contributed by atoms with E-state index >= 15 is 0 Å². The summed E-state index contributed by atoms with van der Waals surface area (Å²) in [5.74, 6) is 0.905. The van der Waals surface area contributed by atoms with E-state index in [0.29, 0.717) is 6.10 Å². The van der Waals surface area contributed by atoms with E-state index in [1.54, 1.807) is 0 Å². The van der Waals surface area contributed by atoms with Crippen LogP contribution in [0.2, 0.25) is 0 Å². The summed E-state index contributed by atoms with van der Waals surface area (Å²) in [5.41, 5.74) is 0. The highest BCUT2D eigenvalue weighted by atomic mass is 16.6. The minimum atomic E-state index is 0. The van der Waals surface area contributed by atoms with Gasteiger partial charge in [-0.15, -0.1) is 0 Å². The fourth-order valence-corrected chi connectivity index (χ4v) is 1.91. The molecule has 0 spiro atoms. The Morgan fingerprint density at radius 2 is 2.25 bits per heavy atom. The van der Waals surface area contributed by atoms with Gasteiger partial charge in [0.05, 0.1) is 12.7 Å². The molecule has 2 atom stereocenters. The summed E-state index contributed by atoms with van der Waals surface area (Å²) in [6.07, 6.45) is 3.39. The molecule has 2 aliphatic rings. The first-order valence-corrected chi connectivity index (χ1v) is 4.68. The molecule has 2 aliphatic heterocycles. The monoisotopic (exact) mass is 173 g/mol. The molecule has 3 nitrogen and oxygen atoms in total. The van der Waals surface area contributed by atoms with Gasteiger partial charge in [0.25, 0.3) is 0 Å². The first-order valence-electron chi connectivity index (χ1n) is 4.68. The van der Waals surface area contributed by atoms with E-state index < -0.39 is 0 Å². The second-order valence-corrected chi connectivity index (χ2v) is 3.96. The molecule has 0 radical (unpaired) electrons. The van der Waals surface area contributed by atoms with Crippen LogP contribution in [-0.4, -0.2) is 42.7 Å². The maximum Gasteiger partial charge on any atom is 0.0936 e. The first kappa shape index (κ1) is 9.96. The van der Waals surface area contributed by atoms with Crippen LogP contribution in [0.5, 0.6) is 0 Å². The normalized spacial score (nSPS) is 35.8. The lowest BCUT2D eigenvalue weighted by Gasteiger charge is -2.30. The van der Waals surface area contributed by atoms with E-state index in [2.05, 4.69) is 11.8 Å². The maximum atomic E-state index is 5.20. The van der Waals surface area contributed by atoms with Crippen molar-refractivity contribution in [2.45, 2.75) is 25.9 Å². The van der Waals surface area contributed by atoms with Crippen molar-refractivity contribution < 1.29 is 10.2 Å². The Kier molecular flexibility index (Phi) is 3.50. The van der Waals surface area contributed by atoms with Gasteiger partial charge in [-0.05, 0) is 25.3 Å². The van der Waals surface area contributed by atoms with Gasteiger partial charge in [0.1, 0.15) is 0 Å². The molecule has 0 amide bonds. The number of hydrogen-bond acceptors (Lipinski definition) is 2. The Morgan fingerprint density at radius 3 is 2.83 bits per heavy atom. The lowest BCUT2D eigenvalue weighted by molar-refractivity contribution is 0.169. The third-order valence-electron chi connectivity index (χ3n) is 2.61. The summed E-state index contributed by atoms with van der Waals surface area (Å²) in [6.45, 7) is 7.12. The van der Waals surface area contributed by atoms with Crippen LogP contribution >= 0.6 is 0 Å². The summed E-state index contributed by atoms with van der Waals surface area (Å²) in [4.78, 5) is 2.55. The molecule has 0 aromatic rings. The summed E-state index contributed by atoms with van der Waals surface area (Å²) >= 11 is 0. The van der Waals surface area contributed by atoms with Crippen LogP contribution in [0.4, 0.5) is 0 Å². The van der Waals surface area contributed by atoms with Gasteiger partial charge in [-0.1, -0.05) is 6.92 Å². The van der Waals surface area contributed by atoms with Crippen LogP contribution in [0, 0.1) is 5.92 Å². The number of rotatable bonds is 2. The van der Waals surface area contributed by atoms with Crippen LogP contribution in [0.1, 0.15) is 19.8 Å². The summed E-state index contributed by atoms with van der Waals surface area (Å²) < 4.78 is 5.20. The van der Waals surface area contributed by atoms with Crippen molar-refractivity contribution in [3.05, 3.63) is 0 Å². The van der Waals surface area contributed by atoms with Crippen molar-refractivity contribution >= 4 is 0 Å². The Morgan fingerprint density at radius 1 is 1.50 bits per heavy atom. The molecule has 0 aromatic heterocycles. The van der Waals surface area contributed by atoms with Crippen molar-refractivity contribution in [3.8, 4) is 0 Å². The summed E-state index contributed by atoms with van der Waals surface area (Å²) in [6, 6.07) is 0. The van der Waals surface area contributed by atoms with Crippen molar-refractivity contribution in [2.75, 3.05) is 26.2 Å². The smallest absolute Gasteiger partial charge is 0.0936 e. The minimum Gasteiger partial charge on any atom is -0.412 e. The molecule has 0 saturated carbocycles. The van der Waals surface area contributed by atoms with E-state index in [-0.39, 0.29) is 5.48 Å². The Labute approximate surface area is 74.0 Å². The van der Waals surface area contributed by atoms with E-state index in [1.807, 2.05) is 0 Å². The zero-order valence-corrected chi connectivity index (χ0v) is 7.75. The summed E-state index contributed by atoms with van der Waals surface area (Å²) in [7, 11) is 0. The molecule has 2 rings (SSSR count). The van der Waals surface area contributed by atoms with E-state index in [1.165, 1.54) is 32.5 Å². The Bertz CT molecular complexity index is 134. The van der Waals surface area contributed by atoms with Crippen LogP contribution < -0.4 is 0 Å². The van der Waals surface area contributed by atoms with Gasteiger partial charge in [-0.25, -0.2) is 0 Å². The summed E-state index contributed by atoms with van der Waals surface area (Å²) in [5, 5.41) is 0. The van der Waals surface area contributed by atoms with Gasteiger partial charge in [0.2, 0.25) is 0 Å². The molecule has 12 heavy (non-hydrogen) atoms. The zero-order valence-electron chi connectivity index (χ0n) is 7.75. The van der Waals surface area contributed by atoms with Gasteiger partial charge >= 0.3 is 0 Å². The molecule has 2 unspecified atom stereocenters. The Balaban J connectivity index is 0.000000720. The molecule has 72 valence electrons. The lowest BCUT2D eigenvalue weighted by Crippen LogP contribution is -2.36. The molecular weight excluding hydrogens is 154 g/mol. The molecule has 2 fully saturated rings. The van der Waals surface area contributed by atoms with Crippen molar-refractivity contribution in [3.63, 3.8) is 0 Å². The SMILES string of the molecule is CC1CCCN(CC2CO2)C1.O. The number of nitrogens with zero attached hydrogens (tertiary/aromatic N) is 1. The second-order valence-electron chi connectivity index (χ2n) is 3.96. The molecule has 2 heterocycles. The van der Waals surface area contributed by atoms with E-state index in [0.717, 1.165) is 12.5 Å². The molecule has 2 saturated heterocycles. The average molecular weight is 173 g/mol. The largest absolute Gasteiger partial charge is 0.412 e. The van der Waals surface area contributed by atoms with Gasteiger partial charge in [0.15, 0.2) is 0 Å². The van der Waals surface area contributed by atoms with Crippen LogP contribution in [0.3, 0.4) is 0 Å². The van der Waals surface area contributed by atoms with Crippen LogP contribution in [-0.2, 0) is 4.74 Å². The topological polar surface area (TPSA) is 47.3 Å². The fraction of sp³-hybridized carbons (Fsp3) is 1.00. The fourth-order valence-electron chi connectivity index (χ4n) is 1.91. The minimum absolute atomic E-state index is 0. The van der Waals surface area contributed by atoms with Crippen molar-refractivity contribution in [2.24, 2.45) is 5.92 Å². The standard InChI is InChI=1S/C9H17NO.H2O/c1-8-3-2-4-10(5-8)6-9-7-11-9;/h8-9H,2-7H2,1H3;1H2. The number of hydrogen-bond donors (Lipinski definition) is 0. The average Bonchev–Trinajstić information content (AvgIpc) is 2.71. The van der Waals surface area contributed by atoms with Crippen molar-refractivity contribution in [1.29, 1.82) is 0 Å². The number of likely N-dealkylation sites (tertiary alicyclic amines) is 1. The number of epoxide rings is 1. The highest BCUT2D eigenvalue weighted by Crippen LogP contribution is 2.18. The van der Waals surface area contributed by atoms with Crippen LogP contribution in [0.15, 0.2) is 0 Å². The highest BCUT2D eigenvalue weighted by molar-refractivity contribution is 4.78. The number of ether oxygens (including phenoxy) is 1. The maximum absolute atomic E-state index is 5.20. The Hall–Kier alpha value is -0.120. The van der Waals surface area contributed by atoms with E-state index in [4.69, 9.17) is 4.74 Å². The number of piperidine rings is 1. The van der Waals surface area contributed by atoms with Gasteiger partial charge in [-0.2, -0.15) is 0 Å². The molecular formula is C9H19NO2. The third kappa shape index (κ3) is 2.73. The quantitative estimate of drug-likeness (QED) is 0.564. The van der Waals surface area contributed by atoms with Gasteiger partial charge < -0.3 is 15.1 Å². The molecule has 0 aliphatic carbocycles.